The summed E-state index contributed by atoms with van der Waals surface area (Å²) in [6.07, 6.45) is 7.24. The predicted molar refractivity (Wildman–Crippen MR) is 157 cm³/mol. The molecule has 2 aromatic rings. The number of unbranched alkanes of at least 4 members (excludes halogenated alkanes) is 2. The number of aromatic nitrogens is 3. The molecule has 2 amide bonds. The summed E-state index contributed by atoms with van der Waals surface area (Å²) < 4.78 is 6.07. The van der Waals surface area contributed by atoms with Gasteiger partial charge in [0, 0.05) is 11.3 Å². The Morgan fingerprint density at radius 2 is 2.05 bits per heavy atom. The predicted octanol–water partition coefficient (Wildman–Crippen LogP) is 3.17. The Hall–Kier alpha value is -3.18. The highest BCUT2D eigenvalue weighted by Crippen LogP contribution is 2.71. The highest BCUT2D eigenvalue weighted by Gasteiger charge is 2.78. The fraction of sp³-hybridized carbons (Fsp3) is 0.567. The van der Waals surface area contributed by atoms with Crippen molar-refractivity contribution in [3.63, 3.8) is 0 Å². The van der Waals surface area contributed by atoms with Gasteiger partial charge in [0.2, 0.25) is 11.8 Å². The molecule has 0 aliphatic carbocycles. The van der Waals surface area contributed by atoms with Gasteiger partial charge in [-0.05, 0) is 58.1 Å². The fourth-order valence-electron chi connectivity index (χ4n) is 6.95. The second-order valence-electron chi connectivity index (χ2n) is 11.5. The van der Waals surface area contributed by atoms with Gasteiger partial charge in [0.25, 0.3) is 0 Å². The molecule has 2 unspecified atom stereocenters. The second kappa shape index (κ2) is 11.6. The van der Waals surface area contributed by atoms with E-state index in [-0.39, 0.29) is 44.2 Å². The Morgan fingerprint density at radius 1 is 1.27 bits per heavy atom. The van der Waals surface area contributed by atoms with E-state index in [0.29, 0.717) is 18.4 Å². The molecule has 6 atom stereocenters. The van der Waals surface area contributed by atoms with Crippen molar-refractivity contribution in [2.75, 3.05) is 19.8 Å². The molecule has 1 aromatic carbocycles. The number of nitrogens with zero attached hydrogens (tertiary/aromatic N) is 5. The monoisotopic (exact) mass is 581 g/mol. The van der Waals surface area contributed by atoms with Crippen LogP contribution in [-0.4, -0.2) is 89.0 Å². The zero-order chi connectivity index (χ0) is 29.4. The number of carbonyl (C=O) groups excluding carboxylic acids is 3. The van der Waals surface area contributed by atoms with E-state index in [0.717, 1.165) is 24.8 Å². The van der Waals surface area contributed by atoms with Gasteiger partial charge in [-0.15, -0.1) is 30.0 Å². The first-order chi connectivity index (χ1) is 19.7. The van der Waals surface area contributed by atoms with Crippen LogP contribution in [0.2, 0.25) is 0 Å². The van der Waals surface area contributed by atoms with Gasteiger partial charge in [-0.2, -0.15) is 0 Å². The van der Waals surface area contributed by atoms with E-state index in [4.69, 9.17) is 4.74 Å². The molecule has 1 aromatic heterocycles. The van der Waals surface area contributed by atoms with Crippen LogP contribution in [0.15, 0.2) is 49.6 Å². The minimum atomic E-state index is -0.853. The summed E-state index contributed by atoms with van der Waals surface area (Å²) in [7, 11) is 0. The first-order valence-electron chi connectivity index (χ1n) is 14.3. The molecule has 1 spiro atoms. The van der Waals surface area contributed by atoms with Crippen LogP contribution in [0.5, 0.6) is 0 Å². The van der Waals surface area contributed by atoms with Crippen molar-refractivity contribution in [2.45, 2.75) is 74.2 Å². The van der Waals surface area contributed by atoms with Crippen molar-refractivity contribution < 1.29 is 24.2 Å². The van der Waals surface area contributed by atoms with Crippen LogP contribution >= 0.6 is 11.8 Å². The maximum Gasteiger partial charge on any atom is 0.311 e. The molecular weight excluding hydrogens is 542 g/mol. The van der Waals surface area contributed by atoms with Crippen LogP contribution in [0.3, 0.4) is 0 Å². The van der Waals surface area contributed by atoms with Gasteiger partial charge in [0.15, 0.2) is 0 Å². The number of carbonyl (C=O) groups is 3. The van der Waals surface area contributed by atoms with Gasteiger partial charge in [0.05, 0.1) is 41.4 Å². The standard InChI is InChI=1S/C30H39N5O5S/c1-5-7-8-11-17-40-28(39)24-23-26(37)35(20(3)18-36)25(30(23)15-14-29(24,4)41-30)27(38)33(16-6-2)19-34-22-13-10-9-12-21(22)31-32-34/h5-6,9-10,12-13,20,23-25,36H,1-2,7-8,11,14-19H2,3-4H3/t20-,23+,24+,25?,29-,30?/m1/s1. The maximum atomic E-state index is 14.6. The Kier molecular flexibility index (Phi) is 8.29. The van der Waals surface area contributed by atoms with Crippen LogP contribution in [0, 0.1) is 11.8 Å². The van der Waals surface area contributed by atoms with Gasteiger partial charge in [-0.1, -0.05) is 29.5 Å². The van der Waals surface area contributed by atoms with Crippen molar-refractivity contribution in [1.82, 2.24) is 24.8 Å². The number of ether oxygens (including phenoxy) is 1. The molecule has 0 saturated carbocycles. The highest BCUT2D eigenvalue weighted by atomic mass is 32.2. The Bertz CT molecular complexity index is 1350. The lowest BCUT2D eigenvalue weighted by Gasteiger charge is -2.38. The first kappa shape index (κ1) is 29.3. The molecule has 3 fully saturated rings. The molecule has 1 N–H and O–H groups in total. The van der Waals surface area contributed by atoms with Gasteiger partial charge in [-0.3, -0.25) is 14.4 Å². The molecule has 10 nitrogen and oxygen atoms in total. The third-order valence-corrected chi connectivity index (χ3v) is 10.9. The topological polar surface area (TPSA) is 118 Å². The number of hydrogen-bond donors (Lipinski definition) is 1. The van der Waals surface area contributed by atoms with E-state index in [9.17, 15) is 19.5 Å². The zero-order valence-corrected chi connectivity index (χ0v) is 24.6. The molecule has 11 heteroatoms. The molecule has 220 valence electrons. The van der Waals surface area contributed by atoms with Crippen LogP contribution in [0.4, 0.5) is 0 Å². The van der Waals surface area contributed by atoms with Crippen molar-refractivity contribution in [2.24, 2.45) is 11.8 Å². The minimum absolute atomic E-state index is 0.121. The van der Waals surface area contributed by atoms with Crippen molar-refractivity contribution in [3.8, 4) is 0 Å². The number of allylic oxidation sites excluding steroid dienone is 1. The summed E-state index contributed by atoms with van der Waals surface area (Å²) in [5.74, 6) is -2.26. The number of rotatable bonds is 13. The molecule has 3 saturated heterocycles. The van der Waals surface area contributed by atoms with Crippen LogP contribution in [0.1, 0.15) is 46.0 Å². The Balaban J connectivity index is 1.47. The largest absolute Gasteiger partial charge is 0.465 e. The lowest BCUT2D eigenvalue weighted by atomic mass is 9.66. The molecular formula is C30H39N5O5S. The summed E-state index contributed by atoms with van der Waals surface area (Å²) in [5.41, 5.74) is 1.50. The summed E-state index contributed by atoms with van der Waals surface area (Å²) in [5, 5.41) is 18.6. The quantitative estimate of drug-likeness (QED) is 0.218. The molecule has 2 bridgehead atoms. The molecule has 3 aliphatic rings. The number of benzene rings is 1. The van der Waals surface area contributed by atoms with Crippen molar-refractivity contribution in [3.05, 3.63) is 49.6 Å². The molecule has 5 rings (SSSR count). The number of fused-ring (bicyclic) bond motifs is 2. The number of hydrogen-bond acceptors (Lipinski definition) is 8. The summed E-state index contributed by atoms with van der Waals surface area (Å²) in [6.45, 7) is 11.7. The van der Waals surface area contributed by atoms with E-state index < -0.39 is 33.4 Å². The molecule has 4 heterocycles. The van der Waals surface area contributed by atoms with Crippen molar-refractivity contribution >= 4 is 40.6 Å². The smallest absolute Gasteiger partial charge is 0.311 e. The van der Waals surface area contributed by atoms with Crippen LogP contribution < -0.4 is 0 Å². The summed E-state index contributed by atoms with van der Waals surface area (Å²) in [6, 6.07) is 6.06. The van der Waals surface area contributed by atoms with Gasteiger partial charge in [0.1, 0.15) is 18.2 Å². The van der Waals surface area contributed by atoms with E-state index in [2.05, 4.69) is 23.5 Å². The average molecular weight is 582 g/mol. The normalized spacial score (nSPS) is 29.0. The highest BCUT2D eigenvalue weighted by molar-refractivity contribution is 8.02. The number of thioether (sulfide) groups is 1. The Morgan fingerprint density at radius 3 is 2.78 bits per heavy atom. The zero-order valence-electron chi connectivity index (χ0n) is 23.8. The minimum Gasteiger partial charge on any atom is -0.465 e. The summed E-state index contributed by atoms with van der Waals surface area (Å²) in [4.78, 5) is 45.5. The van der Waals surface area contributed by atoms with Gasteiger partial charge < -0.3 is 19.6 Å². The van der Waals surface area contributed by atoms with Crippen LogP contribution in [-0.2, 0) is 25.8 Å². The lowest BCUT2D eigenvalue weighted by Crippen LogP contribution is -2.57. The Labute approximate surface area is 244 Å². The van der Waals surface area contributed by atoms with Crippen LogP contribution in [0.25, 0.3) is 11.0 Å². The molecule has 3 aliphatic heterocycles. The fourth-order valence-corrected chi connectivity index (χ4v) is 9.27. The number of aliphatic hydroxyl groups excluding tert-OH is 1. The van der Waals surface area contributed by atoms with E-state index >= 15 is 0 Å². The maximum absolute atomic E-state index is 14.6. The number of amides is 2. The summed E-state index contributed by atoms with van der Waals surface area (Å²) >= 11 is 1.59. The number of aliphatic hydroxyl groups is 1. The third kappa shape index (κ3) is 4.86. The van der Waals surface area contributed by atoms with E-state index in [1.54, 1.807) is 34.3 Å². The SMILES string of the molecule is C=CCCCCOC(=O)[C@@H]1[C@H]2C(=O)N([C@H](C)CO)C(C(=O)N(CC=C)Cn3nnc4ccccc43)C23CC[C@@]1(C)S3. The van der Waals surface area contributed by atoms with E-state index in [1.807, 2.05) is 37.3 Å². The first-order valence-corrected chi connectivity index (χ1v) is 15.1. The average Bonchev–Trinajstić information content (AvgIpc) is 3.67. The van der Waals surface area contributed by atoms with Gasteiger partial charge >= 0.3 is 5.97 Å². The van der Waals surface area contributed by atoms with Gasteiger partial charge in [-0.25, -0.2) is 4.68 Å². The van der Waals surface area contributed by atoms with E-state index in [1.165, 1.54) is 4.90 Å². The number of esters is 1. The second-order valence-corrected chi connectivity index (χ2v) is 13.4. The van der Waals surface area contributed by atoms with Crippen molar-refractivity contribution in [1.29, 1.82) is 0 Å². The lowest BCUT2D eigenvalue weighted by molar-refractivity contribution is -0.156. The molecule has 41 heavy (non-hydrogen) atoms. The third-order valence-electron chi connectivity index (χ3n) is 8.87. The molecule has 0 radical (unpaired) electrons. The number of likely N-dealkylation sites (tertiary alicyclic amines) is 1. The number of para-hydroxylation sites is 1.